The zero-order chi connectivity index (χ0) is 18.0. The lowest BCUT2D eigenvalue weighted by atomic mass is 10.0. The van der Waals surface area contributed by atoms with Gasteiger partial charge in [0.1, 0.15) is 5.75 Å². The van der Waals surface area contributed by atoms with Gasteiger partial charge in [0, 0.05) is 26.2 Å². The summed E-state index contributed by atoms with van der Waals surface area (Å²) in [6.45, 7) is 5.91. The molecule has 1 aliphatic heterocycles. The molecule has 25 heavy (non-hydrogen) atoms. The summed E-state index contributed by atoms with van der Waals surface area (Å²) in [7, 11) is 1.57. The van der Waals surface area contributed by atoms with Crippen LogP contribution < -0.4 is 4.74 Å². The van der Waals surface area contributed by atoms with Crippen molar-refractivity contribution in [1.29, 1.82) is 0 Å². The van der Waals surface area contributed by atoms with Gasteiger partial charge in [-0.25, -0.2) is 0 Å². The van der Waals surface area contributed by atoms with Gasteiger partial charge >= 0.3 is 0 Å². The lowest BCUT2D eigenvalue weighted by Gasteiger charge is -2.34. The standard InChI is InChI=1S/C19H22N2O4/c1-13-11-15(17(24-3)12-14(13)2)18(22)20-6-8-21(9-7-20)19(23)16-5-4-10-25-16/h4-5,10-12H,6-9H2,1-3H3. The van der Waals surface area contributed by atoms with Gasteiger partial charge in [0.15, 0.2) is 5.76 Å². The molecule has 1 aromatic heterocycles. The van der Waals surface area contributed by atoms with Crippen LogP contribution in [0.4, 0.5) is 0 Å². The summed E-state index contributed by atoms with van der Waals surface area (Å²) >= 11 is 0. The second kappa shape index (κ2) is 7.01. The minimum atomic E-state index is -0.138. The predicted molar refractivity (Wildman–Crippen MR) is 93.0 cm³/mol. The first-order valence-electron chi connectivity index (χ1n) is 8.28. The van der Waals surface area contributed by atoms with Crippen LogP contribution >= 0.6 is 0 Å². The molecule has 6 nitrogen and oxygen atoms in total. The fourth-order valence-electron chi connectivity index (χ4n) is 2.96. The highest BCUT2D eigenvalue weighted by atomic mass is 16.5. The summed E-state index contributed by atoms with van der Waals surface area (Å²) in [5.41, 5.74) is 2.70. The van der Waals surface area contributed by atoms with Crippen molar-refractivity contribution in [3.63, 3.8) is 0 Å². The normalized spacial score (nSPS) is 14.5. The third-order valence-electron chi connectivity index (χ3n) is 4.63. The summed E-state index contributed by atoms with van der Waals surface area (Å²) in [6.07, 6.45) is 1.49. The van der Waals surface area contributed by atoms with Gasteiger partial charge in [0.2, 0.25) is 0 Å². The van der Waals surface area contributed by atoms with Crippen LogP contribution in [0.15, 0.2) is 34.9 Å². The minimum Gasteiger partial charge on any atom is -0.496 e. The molecule has 0 bridgehead atoms. The van der Waals surface area contributed by atoms with Crippen LogP contribution in [0.1, 0.15) is 32.0 Å². The average Bonchev–Trinajstić information content (AvgIpc) is 3.17. The second-order valence-electron chi connectivity index (χ2n) is 6.20. The van der Waals surface area contributed by atoms with Crippen LogP contribution in [-0.4, -0.2) is 54.9 Å². The van der Waals surface area contributed by atoms with Gasteiger partial charge in [-0.3, -0.25) is 9.59 Å². The van der Waals surface area contributed by atoms with Gasteiger partial charge < -0.3 is 19.0 Å². The van der Waals surface area contributed by atoms with Gasteiger partial charge in [-0.2, -0.15) is 0 Å². The summed E-state index contributed by atoms with van der Waals surface area (Å²) in [5, 5.41) is 0. The Balaban J connectivity index is 1.70. The van der Waals surface area contributed by atoms with E-state index in [1.165, 1.54) is 6.26 Å². The molecule has 132 valence electrons. The van der Waals surface area contributed by atoms with Crippen molar-refractivity contribution in [2.75, 3.05) is 33.3 Å². The molecule has 2 heterocycles. The number of amides is 2. The number of hydrogen-bond donors (Lipinski definition) is 0. The SMILES string of the molecule is COc1cc(C)c(C)cc1C(=O)N1CCN(C(=O)c2ccco2)CC1. The Morgan fingerprint density at radius 3 is 2.16 bits per heavy atom. The first-order valence-corrected chi connectivity index (χ1v) is 8.28. The van der Waals surface area contributed by atoms with Crippen molar-refractivity contribution in [2.45, 2.75) is 13.8 Å². The lowest BCUT2D eigenvalue weighted by Crippen LogP contribution is -2.50. The first-order chi connectivity index (χ1) is 12.0. The zero-order valence-corrected chi connectivity index (χ0v) is 14.7. The average molecular weight is 342 g/mol. The Bertz CT molecular complexity index is 775. The molecule has 0 atom stereocenters. The summed E-state index contributed by atoms with van der Waals surface area (Å²) < 4.78 is 10.5. The van der Waals surface area contributed by atoms with Crippen molar-refractivity contribution >= 4 is 11.8 Å². The predicted octanol–water partition coefficient (Wildman–Crippen LogP) is 2.50. The number of ether oxygens (including phenoxy) is 1. The maximum Gasteiger partial charge on any atom is 0.289 e. The molecule has 1 aliphatic rings. The maximum absolute atomic E-state index is 12.9. The van der Waals surface area contributed by atoms with E-state index >= 15 is 0 Å². The number of methoxy groups -OCH3 is 1. The smallest absolute Gasteiger partial charge is 0.289 e. The number of rotatable bonds is 3. The fourth-order valence-corrected chi connectivity index (χ4v) is 2.96. The molecule has 0 spiro atoms. The number of aryl methyl sites for hydroxylation is 2. The number of piperazine rings is 1. The molecular formula is C19H22N2O4. The largest absolute Gasteiger partial charge is 0.496 e. The Labute approximate surface area is 147 Å². The minimum absolute atomic E-state index is 0.0648. The van der Waals surface area contributed by atoms with E-state index in [-0.39, 0.29) is 11.8 Å². The Morgan fingerprint density at radius 2 is 1.60 bits per heavy atom. The van der Waals surface area contributed by atoms with Gasteiger partial charge in [0.05, 0.1) is 18.9 Å². The number of carbonyl (C=O) groups excluding carboxylic acids is 2. The Hall–Kier alpha value is -2.76. The van der Waals surface area contributed by atoms with Crippen LogP contribution in [0.2, 0.25) is 0 Å². The molecule has 0 aliphatic carbocycles. The molecule has 0 radical (unpaired) electrons. The molecule has 1 aromatic carbocycles. The van der Waals surface area contributed by atoms with Crippen LogP contribution in [-0.2, 0) is 0 Å². The molecule has 1 fully saturated rings. The van der Waals surface area contributed by atoms with Gasteiger partial charge in [0.25, 0.3) is 11.8 Å². The van der Waals surface area contributed by atoms with Crippen LogP contribution in [0.3, 0.4) is 0 Å². The van der Waals surface area contributed by atoms with Crippen LogP contribution in [0.25, 0.3) is 0 Å². The number of hydrogen-bond acceptors (Lipinski definition) is 4. The maximum atomic E-state index is 12.9. The molecule has 0 saturated carbocycles. The van der Waals surface area contributed by atoms with Crippen LogP contribution in [0, 0.1) is 13.8 Å². The van der Waals surface area contributed by atoms with Gasteiger partial charge in [-0.05, 0) is 49.2 Å². The van der Waals surface area contributed by atoms with Crippen molar-refractivity contribution < 1.29 is 18.7 Å². The van der Waals surface area contributed by atoms with Gasteiger partial charge in [-0.1, -0.05) is 0 Å². The van der Waals surface area contributed by atoms with Crippen molar-refractivity contribution in [3.05, 3.63) is 53.0 Å². The van der Waals surface area contributed by atoms with E-state index in [1.807, 2.05) is 26.0 Å². The first kappa shape index (κ1) is 17.1. The summed E-state index contributed by atoms with van der Waals surface area (Å²) in [4.78, 5) is 28.6. The topological polar surface area (TPSA) is 63.0 Å². The lowest BCUT2D eigenvalue weighted by molar-refractivity contribution is 0.0516. The molecule has 0 unspecified atom stereocenters. The van der Waals surface area contributed by atoms with E-state index in [4.69, 9.17) is 9.15 Å². The van der Waals surface area contributed by atoms with E-state index in [0.717, 1.165) is 11.1 Å². The fraction of sp³-hybridized carbons (Fsp3) is 0.368. The highest BCUT2D eigenvalue weighted by molar-refractivity contribution is 5.97. The second-order valence-corrected chi connectivity index (χ2v) is 6.20. The van der Waals surface area contributed by atoms with Crippen molar-refractivity contribution in [2.24, 2.45) is 0 Å². The Morgan fingerprint density at radius 1 is 1.00 bits per heavy atom. The summed E-state index contributed by atoms with van der Waals surface area (Å²) in [6, 6.07) is 7.11. The highest BCUT2D eigenvalue weighted by Gasteiger charge is 2.28. The number of benzene rings is 1. The van der Waals surface area contributed by atoms with E-state index < -0.39 is 0 Å². The molecule has 3 rings (SSSR count). The monoisotopic (exact) mass is 342 g/mol. The van der Waals surface area contributed by atoms with E-state index in [9.17, 15) is 9.59 Å². The highest BCUT2D eigenvalue weighted by Crippen LogP contribution is 2.25. The van der Waals surface area contributed by atoms with Crippen molar-refractivity contribution in [3.8, 4) is 5.75 Å². The van der Waals surface area contributed by atoms with E-state index in [2.05, 4.69) is 0 Å². The molecule has 1 saturated heterocycles. The molecule has 2 amide bonds. The molecule has 2 aromatic rings. The molecule has 6 heteroatoms. The zero-order valence-electron chi connectivity index (χ0n) is 14.7. The van der Waals surface area contributed by atoms with E-state index in [0.29, 0.717) is 43.3 Å². The molecule has 0 N–H and O–H groups in total. The number of furan rings is 1. The van der Waals surface area contributed by atoms with Crippen molar-refractivity contribution in [1.82, 2.24) is 9.80 Å². The number of carbonyl (C=O) groups is 2. The third kappa shape index (κ3) is 3.38. The van der Waals surface area contributed by atoms with E-state index in [1.54, 1.807) is 29.0 Å². The summed E-state index contributed by atoms with van der Waals surface area (Å²) in [5.74, 6) is 0.712. The number of nitrogens with zero attached hydrogens (tertiary/aromatic N) is 2. The quantitative estimate of drug-likeness (QED) is 0.860. The van der Waals surface area contributed by atoms with Crippen LogP contribution in [0.5, 0.6) is 5.75 Å². The molecular weight excluding hydrogens is 320 g/mol. The van der Waals surface area contributed by atoms with Gasteiger partial charge in [-0.15, -0.1) is 0 Å². The third-order valence-corrected chi connectivity index (χ3v) is 4.63. The Kier molecular flexibility index (Phi) is 4.79.